The lowest BCUT2D eigenvalue weighted by atomic mass is 10.1. The van der Waals surface area contributed by atoms with Crippen molar-refractivity contribution in [2.75, 3.05) is 6.54 Å². The minimum absolute atomic E-state index is 0.242. The van der Waals surface area contributed by atoms with Gasteiger partial charge in [0.2, 0.25) is 5.91 Å². The monoisotopic (exact) mass is 262 g/mol. The quantitative estimate of drug-likeness (QED) is 0.395. The molecule has 5 N–H and O–H groups in total. The fourth-order valence-corrected chi connectivity index (χ4v) is 2.51. The maximum Gasteiger partial charge on any atom is 0.265 e. The first-order chi connectivity index (χ1) is 9.13. The van der Waals surface area contributed by atoms with Crippen molar-refractivity contribution in [2.45, 2.75) is 25.4 Å². The van der Waals surface area contributed by atoms with Crippen LogP contribution in [0.2, 0.25) is 0 Å². The summed E-state index contributed by atoms with van der Waals surface area (Å²) in [5.41, 5.74) is 8.89. The summed E-state index contributed by atoms with van der Waals surface area (Å²) in [5.74, 6) is 4.53. The van der Waals surface area contributed by atoms with Crippen LogP contribution in [0, 0.1) is 0 Å². The van der Waals surface area contributed by atoms with Gasteiger partial charge < -0.3 is 5.73 Å². The number of hydrogen-bond acceptors (Lipinski definition) is 4. The first-order valence-corrected chi connectivity index (χ1v) is 6.25. The van der Waals surface area contributed by atoms with Gasteiger partial charge in [-0.2, -0.15) is 0 Å². The summed E-state index contributed by atoms with van der Waals surface area (Å²) in [7, 11) is 0. The lowest BCUT2D eigenvalue weighted by molar-refractivity contribution is -0.122. The largest absolute Gasteiger partial charge is 0.368 e. The molecular weight excluding hydrogens is 244 g/mol. The molecule has 1 aromatic rings. The molecule has 1 saturated heterocycles. The highest BCUT2D eigenvalue weighted by Crippen LogP contribution is 2.21. The van der Waals surface area contributed by atoms with Crippen LogP contribution in [-0.4, -0.2) is 29.3 Å². The molecule has 1 unspecified atom stereocenters. The summed E-state index contributed by atoms with van der Waals surface area (Å²) in [6.07, 6.45) is 1.72. The van der Waals surface area contributed by atoms with E-state index in [2.05, 4.69) is 5.43 Å². The minimum Gasteiger partial charge on any atom is -0.368 e. The lowest BCUT2D eigenvalue weighted by Crippen LogP contribution is -2.40. The van der Waals surface area contributed by atoms with Gasteiger partial charge in [0.05, 0.1) is 6.04 Å². The maximum atomic E-state index is 11.7. The Balaban J connectivity index is 2.19. The highest BCUT2D eigenvalue weighted by Gasteiger charge is 2.29. The number of likely N-dealkylation sites (tertiary alicyclic amines) is 1. The van der Waals surface area contributed by atoms with Gasteiger partial charge in [-0.15, -0.1) is 0 Å². The van der Waals surface area contributed by atoms with Crippen molar-refractivity contribution >= 4 is 11.8 Å². The maximum absolute atomic E-state index is 11.7. The predicted molar refractivity (Wildman–Crippen MR) is 70.7 cm³/mol. The smallest absolute Gasteiger partial charge is 0.265 e. The molecule has 2 rings (SSSR count). The molecule has 0 aliphatic carbocycles. The minimum atomic E-state index is -0.328. The van der Waals surface area contributed by atoms with E-state index in [0.29, 0.717) is 12.1 Å². The topological polar surface area (TPSA) is 101 Å². The molecule has 102 valence electrons. The summed E-state index contributed by atoms with van der Waals surface area (Å²) in [4.78, 5) is 25.0. The molecule has 1 atom stereocenters. The van der Waals surface area contributed by atoms with Crippen molar-refractivity contribution in [2.24, 2.45) is 11.6 Å². The number of rotatable bonds is 4. The van der Waals surface area contributed by atoms with Crippen LogP contribution in [0.4, 0.5) is 0 Å². The molecule has 2 amide bonds. The molecule has 0 aromatic heterocycles. The number of nitrogen functional groups attached to an aromatic ring is 1. The third-order valence-corrected chi connectivity index (χ3v) is 3.46. The number of hydrogen-bond donors (Lipinski definition) is 3. The van der Waals surface area contributed by atoms with E-state index in [1.54, 1.807) is 12.1 Å². The van der Waals surface area contributed by atoms with Gasteiger partial charge in [-0.3, -0.25) is 19.9 Å². The van der Waals surface area contributed by atoms with E-state index >= 15 is 0 Å². The first kappa shape index (κ1) is 13.5. The molecule has 6 nitrogen and oxygen atoms in total. The third kappa shape index (κ3) is 2.91. The van der Waals surface area contributed by atoms with Gasteiger partial charge in [0.25, 0.3) is 5.91 Å². The second-order valence-corrected chi connectivity index (χ2v) is 4.66. The van der Waals surface area contributed by atoms with Crippen LogP contribution in [0.1, 0.15) is 28.8 Å². The van der Waals surface area contributed by atoms with Crippen LogP contribution in [0.5, 0.6) is 0 Å². The molecule has 6 heteroatoms. The zero-order chi connectivity index (χ0) is 13.8. The Morgan fingerprint density at radius 1 is 1.37 bits per heavy atom. The number of carbonyl (C=O) groups is 2. The standard InChI is InChI=1S/C13H18N4O2/c14-12(18)11-6-3-7-17(11)8-9-4-1-2-5-10(9)13(19)16-15/h1-2,4-5,11H,3,6-8,15H2,(H2,14,18)(H,16,19). The summed E-state index contributed by atoms with van der Waals surface area (Å²) in [5, 5.41) is 0. The van der Waals surface area contributed by atoms with Crippen LogP contribution in [0.15, 0.2) is 24.3 Å². The second kappa shape index (κ2) is 5.81. The SMILES string of the molecule is NNC(=O)c1ccccc1CN1CCCC1C(N)=O. The van der Waals surface area contributed by atoms with E-state index in [1.807, 2.05) is 17.0 Å². The number of benzene rings is 1. The Morgan fingerprint density at radius 3 is 2.79 bits per heavy atom. The summed E-state index contributed by atoms with van der Waals surface area (Å²) >= 11 is 0. The molecule has 0 saturated carbocycles. The second-order valence-electron chi connectivity index (χ2n) is 4.66. The molecule has 1 aliphatic rings. The fraction of sp³-hybridized carbons (Fsp3) is 0.385. The number of hydrazine groups is 1. The number of nitrogens with zero attached hydrogens (tertiary/aromatic N) is 1. The normalized spacial score (nSPS) is 19.3. The zero-order valence-electron chi connectivity index (χ0n) is 10.6. The van der Waals surface area contributed by atoms with Crippen molar-refractivity contribution in [3.8, 4) is 0 Å². The van der Waals surface area contributed by atoms with E-state index < -0.39 is 0 Å². The van der Waals surface area contributed by atoms with Gasteiger partial charge in [-0.25, -0.2) is 5.84 Å². The van der Waals surface area contributed by atoms with Crippen LogP contribution in [-0.2, 0) is 11.3 Å². The van der Waals surface area contributed by atoms with Gasteiger partial charge in [-0.05, 0) is 31.0 Å². The Morgan fingerprint density at radius 2 is 2.11 bits per heavy atom. The predicted octanol–water partition coefficient (Wildman–Crippen LogP) is -0.260. The molecule has 0 radical (unpaired) electrons. The van der Waals surface area contributed by atoms with Gasteiger partial charge in [0, 0.05) is 12.1 Å². The van der Waals surface area contributed by atoms with Crippen LogP contribution < -0.4 is 17.0 Å². The van der Waals surface area contributed by atoms with E-state index in [1.165, 1.54) is 0 Å². The Bertz CT molecular complexity index is 489. The molecule has 1 aromatic carbocycles. The Hall–Kier alpha value is -1.92. The molecule has 1 aliphatic heterocycles. The zero-order valence-corrected chi connectivity index (χ0v) is 10.6. The van der Waals surface area contributed by atoms with Crippen molar-refractivity contribution in [1.29, 1.82) is 0 Å². The van der Waals surface area contributed by atoms with Crippen molar-refractivity contribution in [3.63, 3.8) is 0 Å². The van der Waals surface area contributed by atoms with E-state index in [-0.39, 0.29) is 17.9 Å². The number of carbonyl (C=O) groups excluding carboxylic acids is 2. The van der Waals surface area contributed by atoms with Gasteiger partial charge in [0.15, 0.2) is 0 Å². The average molecular weight is 262 g/mol. The summed E-state index contributed by atoms with van der Waals surface area (Å²) in [6.45, 7) is 1.34. The highest BCUT2D eigenvalue weighted by atomic mass is 16.2. The number of amides is 2. The lowest BCUT2D eigenvalue weighted by Gasteiger charge is -2.22. The Kier molecular flexibility index (Phi) is 4.13. The van der Waals surface area contributed by atoms with Gasteiger partial charge in [0.1, 0.15) is 0 Å². The molecule has 1 heterocycles. The fourth-order valence-electron chi connectivity index (χ4n) is 2.51. The number of primary amides is 1. The van der Waals surface area contributed by atoms with E-state index in [4.69, 9.17) is 11.6 Å². The van der Waals surface area contributed by atoms with E-state index in [0.717, 1.165) is 24.9 Å². The molecule has 0 spiro atoms. The molecule has 1 fully saturated rings. The van der Waals surface area contributed by atoms with Gasteiger partial charge >= 0.3 is 0 Å². The van der Waals surface area contributed by atoms with E-state index in [9.17, 15) is 9.59 Å². The first-order valence-electron chi connectivity index (χ1n) is 6.25. The van der Waals surface area contributed by atoms with Crippen LogP contribution in [0.25, 0.3) is 0 Å². The summed E-state index contributed by atoms with van der Waals surface area (Å²) < 4.78 is 0. The number of nitrogens with one attached hydrogen (secondary N) is 1. The highest BCUT2D eigenvalue weighted by molar-refractivity contribution is 5.95. The molecular formula is C13H18N4O2. The van der Waals surface area contributed by atoms with Gasteiger partial charge in [-0.1, -0.05) is 18.2 Å². The Labute approximate surface area is 111 Å². The van der Waals surface area contributed by atoms with Crippen molar-refractivity contribution in [1.82, 2.24) is 10.3 Å². The average Bonchev–Trinajstić information content (AvgIpc) is 2.87. The van der Waals surface area contributed by atoms with Crippen molar-refractivity contribution in [3.05, 3.63) is 35.4 Å². The van der Waals surface area contributed by atoms with Crippen molar-refractivity contribution < 1.29 is 9.59 Å². The molecule has 0 bridgehead atoms. The third-order valence-electron chi connectivity index (χ3n) is 3.46. The number of nitrogens with two attached hydrogens (primary N) is 2. The van der Waals surface area contributed by atoms with Crippen LogP contribution in [0.3, 0.4) is 0 Å². The van der Waals surface area contributed by atoms with Crippen LogP contribution >= 0.6 is 0 Å². The molecule has 19 heavy (non-hydrogen) atoms. The summed E-state index contributed by atoms with van der Waals surface area (Å²) in [6, 6.07) is 6.98.